The minimum atomic E-state index is 0.781. The molecule has 0 atom stereocenters. The van der Waals surface area contributed by atoms with E-state index in [1.165, 1.54) is 33.0 Å². The smallest absolute Gasteiger partial charge is 0.0490 e. The van der Waals surface area contributed by atoms with Crippen LogP contribution < -0.4 is 0 Å². The molecular weight excluding hydrogens is 372 g/mol. The lowest BCUT2D eigenvalue weighted by Gasteiger charge is -2.11. The summed E-state index contributed by atoms with van der Waals surface area (Å²) in [5.74, 6) is 0. The number of benzene rings is 5. The summed E-state index contributed by atoms with van der Waals surface area (Å²) in [4.78, 5) is 0. The molecule has 5 aromatic carbocycles. The summed E-state index contributed by atoms with van der Waals surface area (Å²) in [5.41, 5.74) is 7.10. The summed E-state index contributed by atoms with van der Waals surface area (Å²) < 4.78 is 0. The van der Waals surface area contributed by atoms with Crippen molar-refractivity contribution in [3.8, 4) is 33.4 Å². The lowest BCUT2D eigenvalue weighted by atomic mass is 9.95. The predicted molar refractivity (Wildman–Crippen MR) is 125 cm³/mol. The summed E-state index contributed by atoms with van der Waals surface area (Å²) in [5, 5.41) is 3.16. The maximum atomic E-state index is 6.57. The van der Waals surface area contributed by atoms with Gasteiger partial charge >= 0.3 is 0 Å². The van der Waals surface area contributed by atoms with E-state index in [9.17, 15) is 0 Å². The number of rotatable bonds is 3. The van der Waals surface area contributed by atoms with Crippen molar-refractivity contribution in [2.45, 2.75) is 0 Å². The van der Waals surface area contributed by atoms with Gasteiger partial charge in [-0.3, -0.25) is 0 Å². The number of halogens is 1. The summed E-state index contributed by atoms with van der Waals surface area (Å²) in [6.45, 7) is 0. The van der Waals surface area contributed by atoms with Gasteiger partial charge in [-0.25, -0.2) is 0 Å². The van der Waals surface area contributed by atoms with Crippen LogP contribution in [0.15, 0.2) is 115 Å². The van der Waals surface area contributed by atoms with E-state index < -0.39 is 0 Å². The summed E-state index contributed by atoms with van der Waals surface area (Å²) in [6, 6.07) is 40.3. The molecule has 0 aromatic heterocycles. The Labute approximate surface area is 176 Å². The van der Waals surface area contributed by atoms with Gasteiger partial charge < -0.3 is 0 Å². The third kappa shape index (κ3) is 3.44. The molecule has 0 heterocycles. The Morgan fingerprint density at radius 1 is 0.379 bits per heavy atom. The topological polar surface area (TPSA) is 0 Å². The molecule has 0 saturated carbocycles. The minimum Gasteiger partial charge on any atom is -0.0836 e. The molecule has 0 radical (unpaired) electrons. The molecule has 29 heavy (non-hydrogen) atoms. The van der Waals surface area contributed by atoms with Crippen molar-refractivity contribution in [2.75, 3.05) is 0 Å². The van der Waals surface area contributed by atoms with Gasteiger partial charge in [-0.05, 0) is 44.7 Å². The number of hydrogen-bond acceptors (Lipinski definition) is 0. The monoisotopic (exact) mass is 390 g/mol. The summed E-state index contributed by atoms with van der Waals surface area (Å²) in [6.07, 6.45) is 0. The largest absolute Gasteiger partial charge is 0.0836 e. The lowest BCUT2D eigenvalue weighted by Crippen LogP contribution is -1.85. The van der Waals surface area contributed by atoms with Crippen LogP contribution in [0.4, 0.5) is 0 Å². The van der Waals surface area contributed by atoms with E-state index >= 15 is 0 Å². The minimum absolute atomic E-state index is 0.781. The van der Waals surface area contributed by atoms with Crippen molar-refractivity contribution < 1.29 is 0 Å². The zero-order valence-electron chi connectivity index (χ0n) is 15.8. The molecule has 0 N–H and O–H groups in total. The lowest BCUT2D eigenvalue weighted by molar-refractivity contribution is 1.58. The van der Waals surface area contributed by atoms with E-state index in [0.717, 1.165) is 16.1 Å². The maximum absolute atomic E-state index is 6.57. The predicted octanol–water partition coefficient (Wildman–Crippen LogP) is 8.49. The molecular formula is C28H19Cl. The van der Waals surface area contributed by atoms with Crippen LogP contribution in [0.3, 0.4) is 0 Å². The Morgan fingerprint density at radius 3 is 1.48 bits per heavy atom. The fourth-order valence-corrected chi connectivity index (χ4v) is 4.13. The molecule has 0 bridgehead atoms. The van der Waals surface area contributed by atoms with Gasteiger partial charge in [-0.2, -0.15) is 0 Å². The SMILES string of the molecule is Clc1ccc2ccccc2c1-c1ccc(-c2ccc(-c3ccccc3)cc2)cc1. The van der Waals surface area contributed by atoms with Gasteiger partial charge in [0.25, 0.3) is 0 Å². The molecule has 0 nitrogen and oxygen atoms in total. The molecule has 0 unspecified atom stereocenters. The van der Waals surface area contributed by atoms with Gasteiger partial charge in [0.05, 0.1) is 0 Å². The second-order valence-electron chi connectivity index (χ2n) is 7.16. The van der Waals surface area contributed by atoms with E-state index in [1.807, 2.05) is 12.1 Å². The normalized spacial score (nSPS) is 10.9. The summed E-state index contributed by atoms with van der Waals surface area (Å²) in [7, 11) is 0. The van der Waals surface area contributed by atoms with Crippen LogP contribution in [0.2, 0.25) is 5.02 Å². The van der Waals surface area contributed by atoms with Crippen LogP contribution in [0.25, 0.3) is 44.2 Å². The molecule has 0 fully saturated rings. The Kier molecular flexibility index (Phi) is 4.63. The van der Waals surface area contributed by atoms with Crippen molar-refractivity contribution in [3.05, 3.63) is 120 Å². The van der Waals surface area contributed by atoms with Gasteiger partial charge in [-0.15, -0.1) is 0 Å². The summed E-state index contributed by atoms with van der Waals surface area (Å²) >= 11 is 6.57. The van der Waals surface area contributed by atoms with Gasteiger partial charge in [-0.1, -0.05) is 121 Å². The molecule has 5 rings (SSSR count). The second kappa shape index (κ2) is 7.58. The Balaban J connectivity index is 1.49. The highest BCUT2D eigenvalue weighted by Crippen LogP contribution is 2.36. The van der Waals surface area contributed by atoms with Crippen molar-refractivity contribution >= 4 is 22.4 Å². The van der Waals surface area contributed by atoms with E-state index in [1.54, 1.807) is 0 Å². The van der Waals surface area contributed by atoms with Crippen molar-refractivity contribution in [1.29, 1.82) is 0 Å². The fourth-order valence-electron chi connectivity index (χ4n) is 3.85. The van der Waals surface area contributed by atoms with Crippen LogP contribution in [-0.4, -0.2) is 0 Å². The highest BCUT2D eigenvalue weighted by Gasteiger charge is 2.09. The highest BCUT2D eigenvalue weighted by atomic mass is 35.5. The average molecular weight is 391 g/mol. The average Bonchev–Trinajstić information content (AvgIpc) is 2.80. The van der Waals surface area contributed by atoms with Crippen LogP contribution in [0.1, 0.15) is 0 Å². The Hall–Kier alpha value is -3.35. The van der Waals surface area contributed by atoms with Gasteiger partial charge in [0.1, 0.15) is 0 Å². The third-order valence-electron chi connectivity index (χ3n) is 5.38. The van der Waals surface area contributed by atoms with Crippen LogP contribution in [0.5, 0.6) is 0 Å². The molecule has 5 aromatic rings. The molecule has 138 valence electrons. The molecule has 0 amide bonds. The van der Waals surface area contributed by atoms with E-state index in [0.29, 0.717) is 0 Å². The zero-order valence-corrected chi connectivity index (χ0v) is 16.6. The van der Waals surface area contributed by atoms with E-state index in [2.05, 4.69) is 103 Å². The Bertz CT molecular complexity index is 1270. The zero-order chi connectivity index (χ0) is 19.6. The standard InChI is InChI=1S/C28H19Cl/c29-27-19-18-24-8-4-5-9-26(24)28(27)25-16-14-23(15-17-25)22-12-10-21(11-13-22)20-6-2-1-3-7-20/h1-19H. The van der Waals surface area contributed by atoms with Crippen LogP contribution >= 0.6 is 11.6 Å². The van der Waals surface area contributed by atoms with Crippen LogP contribution in [0, 0.1) is 0 Å². The van der Waals surface area contributed by atoms with E-state index in [-0.39, 0.29) is 0 Å². The van der Waals surface area contributed by atoms with Gasteiger partial charge in [0.2, 0.25) is 0 Å². The first-order chi connectivity index (χ1) is 14.3. The van der Waals surface area contributed by atoms with Crippen molar-refractivity contribution in [3.63, 3.8) is 0 Å². The third-order valence-corrected chi connectivity index (χ3v) is 5.69. The first-order valence-corrected chi connectivity index (χ1v) is 10.1. The number of hydrogen-bond donors (Lipinski definition) is 0. The molecule has 0 aliphatic rings. The van der Waals surface area contributed by atoms with Gasteiger partial charge in [0.15, 0.2) is 0 Å². The highest BCUT2D eigenvalue weighted by molar-refractivity contribution is 6.35. The van der Waals surface area contributed by atoms with Crippen molar-refractivity contribution in [2.24, 2.45) is 0 Å². The van der Waals surface area contributed by atoms with Crippen molar-refractivity contribution in [1.82, 2.24) is 0 Å². The first kappa shape index (κ1) is 17.7. The molecule has 0 aliphatic heterocycles. The second-order valence-corrected chi connectivity index (χ2v) is 7.57. The Morgan fingerprint density at radius 2 is 0.862 bits per heavy atom. The molecule has 0 aliphatic carbocycles. The fraction of sp³-hybridized carbons (Fsp3) is 0. The molecule has 0 saturated heterocycles. The molecule has 1 heteroatoms. The van der Waals surface area contributed by atoms with E-state index in [4.69, 9.17) is 11.6 Å². The quantitative estimate of drug-likeness (QED) is 0.289. The van der Waals surface area contributed by atoms with Crippen LogP contribution in [-0.2, 0) is 0 Å². The molecule has 0 spiro atoms. The number of fused-ring (bicyclic) bond motifs is 1. The first-order valence-electron chi connectivity index (χ1n) is 9.73. The maximum Gasteiger partial charge on any atom is 0.0490 e. The van der Waals surface area contributed by atoms with Gasteiger partial charge in [0, 0.05) is 10.6 Å².